The largest absolute Gasteiger partial charge is 0.395 e. The lowest BCUT2D eigenvalue weighted by Gasteiger charge is -2.20. The highest BCUT2D eigenvalue weighted by Gasteiger charge is 2.34. The molecule has 0 bridgehead atoms. The van der Waals surface area contributed by atoms with Gasteiger partial charge in [0.2, 0.25) is 0 Å². The van der Waals surface area contributed by atoms with Gasteiger partial charge in [-0.1, -0.05) is 6.08 Å². The molecule has 0 aromatic carbocycles. The molecule has 1 fully saturated rings. The zero-order valence-corrected chi connectivity index (χ0v) is 10.3. The first-order valence-corrected chi connectivity index (χ1v) is 5.77. The van der Waals surface area contributed by atoms with Gasteiger partial charge in [-0.3, -0.25) is 9.48 Å². The number of nitrogens with zero attached hydrogens (tertiary/aromatic N) is 3. The van der Waals surface area contributed by atoms with Gasteiger partial charge in [-0.05, 0) is 19.8 Å². The number of aromatic nitrogens is 2. The number of amides is 1. The fraction of sp³-hybridized carbons (Fsp3) is 0.500. The summed E-state index contributed by atoms with van der Waals surface area (Å²) in [4.78, 5) is 14.2. The molecule has 0 radical (unpaired) electrons. The predicted octanol–water partition coefficient (Wildman–Crippen LogP) is 1.10. The smallest absolute Gasteiger partial charge is 0.274 e. The summed E-state index contributed by atoms with van der Waals surface area (Å²) in [5.74, 6) is -0.0481. The summed E-state index contributed by atoms with van der Waals surface area (Å²) >= 11 is 0. The van der Waals surface area contributed by atoms with Crippen molar-refractivity contribution in [3.63, 3.8) is 0 Å². The van der Waals surface area contributed by atoms with Crippen molar-refractivity contribution in [1.29, 1.82) is 0 Å². The maximum absolute atomic E-state index is 12.4. The number of nitrogens with two attached hydrogens (primary N) is 1. The monoisotopic (exact) mass is 234 g/mol. The average molecular weight is 234 g/mol. The third kappa shape index (κ3) is 2.05. The topological polar surface area (TPSA) is 64.2 Å². The maximum atomic E-state index is 12.4. The van der Waals surface area contributed by atoms with Crippen LogP contribution in [0.25, 0.3) is 0 Å². The van der Waals surface area contributed by atoms with E-state index in [2.05, 4.69) is 11.7 Å². The highest BCUT2D eigenvalue weighted by atomic mass is 16.2. The van der Waals surface area contributed by atoms with E-state index < -0.39 is 0 Å². The van der Waals surface area contributed by atoms with Gasteiger partial charge in [-0.15, -0.1) is 6.58 Å². The van der Waals surface area contributed by atoms with Crippen LogP contribution in [0, 0.1) is 6.92 Å². The normalized spacial score (nSPS) is 14.7. The first-order chi connectivity index (χ1) is 8.06. The van der Waals surface area contributed by atoms with E-state index in [1.165, 1.54) is 0 Å². The molecule has 1 heterocycles. The molecule has 1 amide bonds. The van der Waals surface area contributed by atoms with Crippen molar-refractivity contribution >= 4 is 11.6 Å². The van der Waals surface area contributed by atoms with Crippen LogP contribution < -0.4 is 5.73 Å². The zero-order valence-electron chi connectivity index (χ0n) is 10.3. The predicted molar refractivity (Wildman–Crippen MR) is 66.6 cm³/mol. The molecule has 1 saturated carbocycles. The molecular weight excluding hydrogens is 216 g/mol. The molecule has 17 heavy (non-hydrogen) atoms. The van der Waals surface area contributed by atoms with Gasteiger partial charge >= 0.3 is 0 Å². The van der Waals surface area contributed by atoms with Gasteiger partial charge in [-0.2, -0.15) is 5.10 Å². The standard InChI is InChI=1S/C12H18N4O/c1-4-7-16(9-5-6-9)12(17)11-10(13)8(2)14-15(11)3/h4,9H,1,5-7,13H2,2-3H3. The van der Waals surface area contributed by atoms with Crippen LogP contribution in [0.2, 0.25) is 0 Å². The first-order valence-electron chi connectivity index (χ1n) is 5.77. The van der Waals surface area contributed by atoms with Crippen molar-refractivity contribution in [2.24, 2.45) is 7.05 Å². The van der Waals surface area contributed by atoms with Gasteiger partial charge in [-0.25, -0.2) is 0 Å². The van der Waals surface area contributed by atoms with E-state index >= 15 is 0 Å². The maximum Gasteiger partial charge on any atom is 0.274 e. The Morgan fingerprint density at radius 1 is 1.71 bits per heavy atom. The fourth-order valence-corrected chi connectivity index (χ4v) is 1.99. The van der Waals surface area contributed by atoms with Crippen molar-refractivity contribution in [3.8, 4) is 0 Å². The number of carbonyl (C=O) groups excluding carboxylic acids is 1. The lowest BCUT2D eigenvalue weighted by Crippen LogP contribution is -2.34. The molecule has 92 valence electrons. The van der Waals surface area contributed by atoms with Crippen molar-refractivity contribution in [2.75, 3.05) is 12.3 Å². The van der Waals surface area contributed by atoms with Crippen LogP contribution in [0.1, 0.15) is 29.0 Å². The van der Waals surface area contributed by atoms with Crippen molar-refractivity contribution in [2.45, 2.75) is 25.8 Å². The minimum absolute atomic E-state index is 0.0481. The summed E-state index contributed by atoms with van der Waals surface area (Å²) in [7, 11) is 1.75. The number of hydrogen-bond acceptors (Lipinski definition) is 3. The molecule has 1 aliphatic rings. The van der Waals surface area contributed by atoms with E-state index in [1.807, 2.05) is 4.90 Å². The molecule has 0 saturated heterocycles. The second-order valence-electron chi connectivity index (χ2n) is 4.45. The molecule has 5 heteroatoms. The highest BCUT2D eigenvalue weighted by molar-refractivity contribution is 5.98. The summed E-state index contributed by atoms with van der Waals surface area (Å²) in [5.41, 5.74) is 7.56. The first kappa shape index (κ1) is 11.7. The molecule has 0 unspecified atom stereocenters. The quantitative estimate of drug-likeness (QED) is 0.793. The second-order valence-corrected chi connectivity index (χ2v) is 4.45. The lowest BCUT2D eigenvalue weighted by molar-refractivity contribution is 0.0752. The van der Waals surface area contributed by atoms with Crippen LogP contribution >= 0.6 is 0 Å². The van der Waals surface area contributed by atoms with E-state index in [9.17, 15) is 4.79 Å². The van der Waals surface area contributed by atoms with Gasteiger partial charge in [0, 0.05) is 19.6 Å². The van der Waals surface area contributed by atoms with Crippen LogP contribution in [-0.2, 0) is 7.05 Å². The van der Waals surface area contributed by atoms with Gasteiger partial charge in [0.05, 0.1) is 11.4 Å². The summed E-state index contributed by atoms with van der Waals surface area (Å²) in [5, 5.41) is 4.17. The SMILES string of the molecule is C=CCN(C(=O)c1c(N)c(C)nn1C)C1CC1. The lowest BCUT2D eigenvalue weighted by atomic mass is 10.2. The molecule has 0 spiro atoms. The van der Waals surface area contributed by atoms with Crippen molar-refractivity contribution in [1.82, 2.24) is 14.7 Å². The number of carbonyl (C=O) groups is 1. The van der Waals surface area contributed by atoms with Gasteiger partial charge in [0.15, 0.2) is 0 Å². The van der Waals surface area contributed by atoms with E-state index in [4.69, 9.17) is 5.73 Å². The van der Waals surface area contributed by atoms with Crippen LogP contribution in [0.15, 0.2) is 12.7 Å². The molecule has 1 aromatic heterocycles. The zero-order chi connectivity index (χ0) is 12.6. The van der Waals surface area contributed by atoms with Crippen LogP contribution in [0.3, 0.4) is 0 Å². The molecule has 5 nitrogen and oxygen atoms in total. The number of nitrogen functional groups attached to an aromatic ring is 1. The number of aryl methyl sites for hydroxylation is 2. The highest BCUT2D eigenvalue weighted by Crippen LogP contribution is 2.29. The Morgan fingerprint density at radius 3 is 2.76 bits per heavy atom. The number of hydrogen-bond donors (Lipinski definition) is 1. The van der Waals surface area contributed by atoms with Crippen LogP contribution in [0.4, 0.5) is 5.69 Å². The Labute approximate surface area is 101 Å². The third-order valence-corrected chi connectivity index (χ3v) is 3.05. The average Bonchev–Trinajstić information content (AvgIpc) is 3.05. The Morgan fingerprint density at radius 2 is 2.35 bits per heavy atom. The summed E-state index contributed by atoms with van der Waals surface area (Å²) in [6.45, 7) is 6.06. The Balaban J connectivity index is 2.31. The van der Waals surface area contributed by atoms with Crippen molar-refractivity contribution in [3.05, 3.63) is 24.0 Å². The molecule has 1 aromatic rings. The van der Waals surface area contributed by atoms with E-state index in [1.54, 1.807) is 24.7 Å². The van der Waals surface area contributed by atoms with Gasteiger partial charge in [0.25, 0.3) is 5.91 Å². The Kier molecular flexibility index (Phi) is 2.92. The Bertz CT molecular complexity index is 459. The van der Waals surface area contributed by atoms with E-state index in [0.717, 1.165) is 12.8 Å². The molecule has 2 rings (SSSR count). The molecule has 0 atom stereocenters. The van der Waals surface area contributed by atoms with Crippen LogP contribution in [0.5, 0.6) is 0 Å². The summed E-state index contributed by atoms with van der Waals surface area (Å²) in [6, 6.07) is 0.343. The third-order valence-electron chi connectivity index (χ3n) is 3.05. The summed E-state index contributed by atoms with van der Waals surface area (Å²) in [6.07, 6.45) is 3.88. The number of anilines is 1. The van der Waals surface area contributed by atoms with E-state index in [0.29, 0.717) is 29.7 Å². The molecule has 0 aliphatic heterocycles. The van der Waals surface area contributed by atoms with Gasteiger partial charge in [0.1, 0.15) is 5.69 Å². The summed E-state index contributed by atoms with van der Waals surface area (Å²) < 4.78 is 1.56. The minimum Gasteiger partial charge on any atom is -0.395 e. The van der Waals surface area contributed by atoms with E-state index in [-0.39, 0.29) is 5.91 Å². The van der Waals surface area contributed by atoms with Gasteiger partial charge < -0.3 is 10.6 Å². The number of rotatable bonds is 4. The molecule has 2 N–H and O–H groups in total. The van der Waals surface area contributed by atoms with Crippen molar-refractivity contribution < 1.29 is 4.79 Å². The Hall–Kier alpha value is -1.78. The van der Waals surface area contributed by atoms with Crippen LogP contribution in [-0.4, -0.2) is 33.2 Å². The minimum atomic E-state index is -0.0481. The molecular formula is C12H18N4O. The fourth-order valence-electron chi connectivity index (χ4n) is 1.99. The molecule has 1 aliphatic carbocycles. The second kappa shape index (κ2) is 4.24.